The van der Waals surface area contributed by atoms with E-state index in [9.17, 15) is 9.59 Å². The summed E-state index contributed by atoms with van der Waals surface area (Å²) in [4.78, 5) is 26.3. The van der Waals surface area contributed by atoms with Crippen LogP contribution in [-0.4, -0.2) is 55.8 Å². The van der Waals surface area contributed by atoms with Gasteiger partial charge in [-0.05, 0) is 35.4 Å². The second-order valence-corrected chi connectivity index (χ2v) is 7.24. The summed E-state index contributed by atoms with van der Waals surface area (Å²) >= 11 is 0. The Balaban J connectivity index is 1.45. The lowest BCUT2D eigenvalue weighted by atomic mass is 9.98. The molecule has 2 heterocycles. The summed E-state index contributed by atoms with van der Waals surface area (Å²) in [6.45, 7) is 0.557. The number of methoxy groups -OCH3 is 2. The Kier molecular flexibility index (Phi) is 4.74. The number of ketones is 2. The highest BCUT2D eigenvalue weighted by molar-refractivity contribution is 6.25. The third-order valence-electron chi connectivity index (χ3n) is 5.31. The van der Waals surface area contributed by atoms with E-state index >= 15 is 0 Å². The van der Waals surface area contributed by atoms with E-state index in [-0.39, 0.29) is 35.9 Å². The Bertz CT molecular complexity index is 1220. The quantitative estimate of drug-likeness (QED) is 0.400. The molecule has 0 spiro atoms. The number of fused-ring (bicyclic) bond motifs is 2. The van der Waals surface area contributed by atoms with Crippen molar-refractivity contribution in [2.75, 3.05) is 14.2 Å². The van der Waals surface area contributed by atoms with Crippen molar-refractivity contribution in [2.24, 2.45) is 0 Å². The van der Waals surface area contributed by atoms with Crippen LogP contribution in [0.25, 0.3) is 0 Å². The lowest BCUT2D eigenvalue weighted by molar-refractivity contribution is 0.0963. The molecule has 1 aliphatic carbocycles. The molecule has 5 rings (SSSR count). The van der Waals surface area contributed by atoms with Gasteiger partial charge in [0, 0.05) is 0 Å². The van der Waals surface area contributed by atoms with Crippen molar-refractivity contribution in [1.82, 2.24) is 30.0 Å². The first-order valence-electron chi connectivity index (χ1n) is 9.81. The van der Waals surface area contributed by atoms with Gasteiger partial charge in [0.2, 0.25) is 11.6 Å². The first-order chi connectivity index (χ1) is 15.6. The lowest BCUT2D eigenvalue weighted by Gasteiger charge is -2.12. The van der Waals surface area contributed by atoms with Gasteiger partial charge in [-0.15, -0.1) is 10.2 Å². The van der Waals surface area contributed by atoms with E-state index < -0.39 is 11.6 Å². The van der Waals surface area contributed by atoms with Crippen LogP contribution in [0.5, 0.6) is 11.5 Å². The number of rotatable bonds is 6. The van der Waals surface area contributed by atoms with Gasteiger partial charge in [-0.1, -0.05) is 34.7 Å². The number of ether oxygens (including phenoxy) is 2. The molecule has 0 saturated heterocycles. The normalized spacial score (nSPS) is 12.4. The molecule has 0 atom stereocenters. The second kappa shape index (κ2) is 7.73. The van der Waals surface area contributed by atoms with E-state index in [4.69, 9.17) is 9.47 Å². The highest BCUT2D eigenvalue weighted by Gasteiger charge is 2.39. The SMILES string of the molecule is COc1ccc(Cn2nnc3c2C(=O)c2nnn(Cc4ccc(OC)cc4)c2C3=O)cc1. The van der Waals surface area contributed by atoms with Crippen LogP contribution in [0.1, 0.15) is 43.5 Å². The van der Waals surface area contributed by atoms with Crippen LogP contribution < -0.4 is 9.47 Å². The van der Waals surface area contributed by atoms with Crippen LogP contribution in [0.2, 0.25) is 0 Å². The van der Waals surface area contributed by atoms with Crippen molar-refractivity contribution in [1.29, 1.82) is 0 Å². The predicted octanol–water partition coefficient (Wildman–Crippen LogP) is 1.76. The van der Waals surface area contributed by atoms with Crippen molar-refractivity contribution in [3.05, 3.63) is 82.4 Å². The minimum atomic E-state index is -0.422. The first-order valence-corrected chi connectivity index (χ1v) is 9.81. The minimum absolute atomic E-state index is 0.00860. The second-order valence-electron chi connectivity index (χ2n) is 7.24. The standard InChI is InChI=1S/C22H18N6O4/c1-31-15-7-3-13(4-8-15)11-27-19-17(23-25-27)22(30)20-18(21(19)29)24-26-28(20)12-14-5-9-16(32-2)10-6-14/h3-10H,11-12H2,1-2H3. The summed E-state index contributed by atoms with van der Waals surface area (Å²) in [5.41, 5.74) is 2.02. The zero-order valence-electron chi connectivity index (χ0n) is 17.3. The summed E-state index contributed by atoms with van der Waals surface area (Å²) in [5, 5.41) is 16.1. The van der Waals surface area contributed by atoms with Crippen molar-refractivity contribution >= 4 is 11.6 Å². The van der Waals surface area contributed by atoms with Gasteiger partial charge >= 0.3 is 0 Å². The molecular weight excluding hydrogens is 412 g/mol. The zero-order chi connectivity index (χ0) is 22.2. The fourth-order valence-electron chi connectivity index (χ4n) is 3.63. The van der Waals surface area contributed by atoms with E-state index in [1.165, 1.54) is 9.36 Å². The number of aromatic nitrogens is 6. The molecule has 0 N–H and O–H groups in total. The van der Waals surface area contributed by atoms with Crippen molar-refractivity contribution in [3.63, 3.8) is 0 Å². The summed E-state index contributed by atoms with van der Waals surface area (Å²) in [7, 11) is 3.18. The lowest BCUT2D eigenvalue weighted by Crippen LogP contribution is -2.26. The van der Waals surface area contributed by atoms with Crippen LogP contribution in [0, 0.1) is 0 Å². The maximum Gasteiger partial charge on any atom is 0.236 e. The Labute approximate surface area is 182 Å². The number of hydrogen-bond acceptors (Lipinski definition) is 8. The fourth-order valence-corrected chi connectivity index (χ4v) is 3.63. The van der Waals surface area contributed by atoms with Crippen LogP contribution in [0.15, 0.2) is 48.5 Å². The number of hydrogen-bond donors (Lipinski definition) is 0. The molecule has 0 amide bonds. The highest BCUT2D eigenvalue weighted by atomic mass is 16.5. The summed E-state index contributed by atoms with van der Waals surface area (Å²) in [6.07, 6.45) is 0. The highest BCUT2D eigenvalue weighted by Crippen LogP contribution is 2.26. The van der Waals surface area contributed by atoms with Gasteiger partial charge in [0.05, 0.1) is 27.3 Å². The molecule has 0 bridgehead atoms. The third-order valence-corrected chi connectivity index (χ3v) is 5.31. The maximum absolute atomic E-state index is 13.2. The molecule has 4 aromatic rings. The predicted molar refractivity (Wildman–Crippen MR) is 111 cm³/mol. The van der Waals surface area contributed by atoms with Gasteiger partial charge in [-0.25, -0.2) is 9.36 Å². The van der Waals surface area contributed by atoms with E-state index in [1.807, 2.05) is 48.5 Å². The van der Waals surface area contributed by atoms with Gasteiger partial charge in [0.15, 0.2) is 11.4 Å². The molecule has 0 saturated carbocycles. The topological polar surface area (TPSA) is 114 Å². The molecular formula is C22H18N6O4. The van der Waals surface area contributed by atoms with E-state index in [0.717, 1.165) is 22.6 Å². The minimum Gasteiger partial charge on any atom is -0.497 e. The number of carbonyl (C=O) groups is 2. The molecule has 32 heavy (non-hydrogen) atoms. The van der Waals surface area contributed by atoms with Gasteiger partial charge in [-0.2, -0.15) is 0 Å². The van der Waals surface area contributed by atoms with Gasteiger partial charge in [0.1, 0.15) is 22.9 Å². The van der Waals surface area contributed by atoms with Gasteiger partial charge in [0.25, 0.3) is 0 Å². The third kappa shape index (κ3) is 3.22. The van der Waals surface area contributed by atoms with Crippen LogP contribution >= 0.6 is 0 Å². The Morgan fingerprint density at radius 3 is 1.38 bits per heavy atom. The summed E-state index contributed by atoms with van der Waals surface area (Å²) in [6, 6.07) is 14.7. The monoisotopic (exact) mass is 430 g/mol. The number of benzene rings is 2. The molecule has 1 aliphatic rings. The molecule has 0 aliphatic heterocycles. The molecule has 160 valence electrons. The molecule has 10 heteroatoms. The van der Waals surface area contributed by atoms with Crippen molar-refractivity contribution in [2.45, 2.75) is 13.1 Å². The van der Waals surface area contributed by atoms with Crippen molar-refractivity contribution in [3.8, 4) is 11.5 Å². The van der Waals surface area contributed by atoms with Crippen LogP contribution in [0.3, 0.4) is 0 Å². The maximum atomic E-state index is 13.2. The number of carbonyl (C=O) groups excluding carboxylic acids is 2. The molecule has 0 radical (unpaired) electrons. The Morgan fingerprint density at radius 1 is 0.656 bits per heavy atom. The van der Waals surface area contributed by atoms with Gasteiger partial charge in [-0.3, -0.25) is 9.59 Å². The molecule has 2 aromatic heterocycles. The van der Waals surface area contributed by atoms with Crippen LogP contribution in [-0.2, 0) is 13.1 Å². The van der Waals surface area contributed by atoms with E-state index in [2.05, 4.69) is 20.6 Å². The number of nitrogens with zero attached hydrogens (tertiary/aromatic N) is 6. The molecule has 0 unspecified atom stereocenters. The van der Waals surface area contributed by atoms with E-state index in [0.29, 0.717) is 0 Å². The smallest absolute Gasteiger partial charge is 0.236 e. The van der Waals surface area contributed by atoms with E-state index in [1.54, 1.807) is 14.2 Å². The fraction of sp³-hybridized carbons (Fsp3) is 0.182. The largest absolute Gasteiger partial charge is 0.497 e. The van der Waals surface area contributed by atoms with Gasteiger partial charge < -0.3 is 9.47 Å². The van der Waals surface area contributed by atoms with Crippen molar-refractivity contribution < 1.29 is 19.1 Å². The average Bonchev–Trinajstić information content (AvgIpc) is 3.44. The summed E-state index contributed by atoms with van der Waals surface area (Å²) < 4.78 is 13.2. The average molecular weight is 430 g/mol. The summed E-state index contributed by atoms with van der Waals surface area (Å²) in [5.74, 6) is 0.598. The zero-order valence-corrected chi connectivity index (χ0v) is 17.3. The molecule has 0 fully saturated rings. The van der Waals surface area contributed by atoms with Crippen LogP contribution in [0.4, 0.5) is 0 Å². The Hall–Kier alpha value is -4.34. The Morgan fingerprint density at radius 2 is 1.03 bits per heavy atom. The molecule has 2 aromatic carbocycles. The molecule has 10 nitrogen and oxygen atoms in total. The first kappa shape index (κ1) is 19.6.